The SMILES string of the molecule is OC(CC1CCCCO1)c1cc2cccc(F)c2o1. The zero-order valence-corrected chi connectivity index (χ0v) is 10.6. The van der Waals surface area contributed by atoms with Crippen molar-refractivity contribution < 1.29 is 18.7 Å². The summed E-state index contributed by atoms with van der Waals surface area (Å²) in [7, 11) is 0. The molecule has 0 amide bonds. The summed E-state index contributed by atoms with van der Waals surface area (Å²) < 4.78 is 24.5. The number of benzene rings is 1. The van der Waals surface area contributed by atoms with Crippen molar-refractivity contribution in [3.05, 3.63) is 35.8 Å². The van der Waals surface area contributed by atoms with E-state index in [4.69, 9.17) is 9.15 Å². The molecule has 3 rings (SSSR count). The van der Waals surface area contributed by atoms with Crippen molar-refractivity contribution in [1.29, 1.82) is 0 Å². The molecular formula is C15H17FO3. The third-order valence-electron chi connectivity index (χ3n) is 3.60. The smallest absolute Gasteiger partial charge is 0.170 e. The van der Waals surface area contributed by atoms with Gasteiger partial charge in [0.1, 0.15) is 11.9 Å². The summed E-state index contributed by atoms with van der Waals surface area (Å²) in [5.41, 5.74) is 0.209. The van der Waals surface area contributed by atoms with E-state index in [0.717, 1.165) is 25.9 Å². The maximum Gasteiger partial charge on any atom is 0.170 e. The maximum atomic E-state index is 13.5. The number of rotatable bonds is 3. The molecule has 1 aromatic carbocycles. The quantitative estimate of drug-likeness (QED) is 0.921. The van der Waals surface area contributed by atoms with Gasteiger partial charge in [-0.05, 0) is 31.4 Å². The summed E-state index contributed by atoms with van der Waals surface area (Å²) in [4.78, 5) is 0. The highest BCUT2D eigenvalue weighted by atomic mass is 19.1. The predicted octanol–water partition coefficient (Wildman–Crippen LogP) is 3.56. The Labute approximate surface area is 111 Å². The average Bonchev–Trinajstić information content (AvgIpc) is 2.85. The molecule has 1 aromatic heterocycles. The van der Waals surface area contributed by atoms with Gasteiger partial charge >= 0.3 is 0 Å². The number of aliphatic hydroxyl groups is 1. The van der Waals surface area contributed by atoms with Crippen LogP contribution in [0.2, 0.25) is 0 Å². The second-order valence-electron chi connectivity index (χ2n) is 5.05. The lowest BCUT2D eigenvalue weighted by molar-refractivity contribution is -0.0191. The van der Waals surface area contributed by atoms with Crippen molar-refractivity contribution >= 4 is 11.0 Å². The highest BCUT2D eigenvalue weighted by molar-refractivity contribution is 5.78. The minimum absolute atomic E-state index is 0.0711. The normalized spacial score (nSPS) is 21.7. The Morgan fingerprint density at radius 1 is 1.37 bits per heavy atom. The molecular weight excluding hydrogens is 247 g/mol. The lowest BCUT2D eigenvalue weighted by atomic mass is 10.0. The monoisotopic (exact) mass is 264 g/mol. The highest BCUT2D eigenvalue weighted by Gasteiger charge is 2.22. The number of hydrogen-bond donors (Lipinski definition) is 1. The topological polar surface area (TPSA) is 42.6 Å². The Morgan fingerprint density at radius 3 is 3.00 bits per heavy atom. The van der Waals surface area contributed by atoms with E-state index >= 15 is 0 Å². The first-order chi connectivity index (χ1) is 9.24. The molecule has 102 valence electrons. The Morgan fingerprint density at radius 2 is 2.26 bits per heavy atom. The van der Waals surface area contributed by atoms with Crippen LogP contribution in [0.3, 0.4) is 0 Å². The summed E-state index contributed by atoms with van der Waals surface area (Å²) in [6, 6.07) is 6.46. The largest absolute Gasteiger partial charge is 0.455 e. The van der Waals surface area contributed by atoms with Gasteiger partial charge in [0.2, 0.25) is 0 Å². The molecule has 0 aliphatic carbocycles. The van der Waals surface area contributed by atoms with E-state index in [1.165, 1.54) is 6.07 Å². The second-order valence-corrected chi connectivity index (χ2v) is 5.05. The van der Waals surface area contributed by atoms with Gasteiger partial charge in [0, 0.05) is 18.4 Å². The molecule has 0 bridgehead atoms. The van der Waals surface area contributed by atoms with E-state index in [1.807, 2.05) is 0 Å². The molecule has 1 saturated heterocycles. The van der Waals surface area contributed by atoms with Crippen LogP contribution >= 0.6 is 0 Å². The molecule has 1 aliphatic heterocycles. The minimum Gasteiger partial charge on any atom is -0.455 e. The Hall–Kier alpha value is -1.39. The summed E-state index contributed by atoms with van der Waals surface area (Å²) in [6.07, 6.45) is 3.01. The molecule has 4 heteroatoms. The van der Waals surface area contributed by atoms with E-state index in [0.29, 0.717) is 17.6 Å². The summed E-state index contributed by atoms with van der Waals surface area (Å²) in [5.74, 6) is 0.0131. The zero-order chi connectivity index (χ0) is 13.2. The molecule has 2 heterocycles. The molecule has 0 saturated carbocycles. The number of fused-ring (bicyclic) bond motifs is 1. The third-order valence-corrected chi connectivity index (χ3v) is 3.60. The first-order valence-corrected chi connectivity index (χ1v) is 6.71. The molecule has 1 N–H and O–H groups in total. The first-order valence-electron chi connectivity index (χ1n) is 6.71. The van der Waals surface area contributed by atoms with Crippen LogP contribution in [0, 0.1) is 5.82 Å². The van der Waals surface area contributed by atoms with Crippen molar-refractivity contribution in [3.8, 4) is 0 Å². The van der Waals surface area contributed by atoms with Crippen LogP contribution < -0.4 is 0 Å². The molecule has 2 aromatic rings. The van der Waals surface area contributed by atoms with Gasteiger partial charge in [-0.25, -0.2) is 4.39 Å². The molecule has 0 spiro atoms. The standard InChI is InChI=1S/C15H17FO3/c16-12-6-3-4-10-8-14(19-15(10)12)13(17)9-11-5-1-2-7-18-11/h3-4,6,8,11,13,17H,1-2,5,7,9H2. The fourth-order valence-electron chi connectivity index (χ4n) is 2.57. The Balaban J connectivity index is 1.77. The van der Waals surface area contributed by atoms with Gasteiger partial charge < -0.3 is 14.3 Å². The van der Waals surface area contributed by atoms with Crippen LogP contribution in [0.5, 0.6) is 0 Å². The molecule has 19 heavy (non-hydrogen) atoms. The van der Waals surface area contributed by atoms with Gasteiger partial charge in [-0.15, -0.1) is 0 Å². The third kappa shape index (κ3) is 2.65. The number of aliphatic hydroxyl groups excluding tert-OH is 1. The van der Waals surface area contributed by atoms with Gasteiger partial charge in [0.15, 0.2) is 11.4 Å². The van der Waals surface area contributed by atoms with Gasteiger partial charge in [-0.3, -0.25) is 0 Å². The second kappa shape index (κ2) is 5.31. The van der Waals surface area contributed by atoms with Crippen LogP contribution in [0.15, 0.2) is 28.7 Å². The van der Waals surface area contributed by atoms with E-state index in [1.54, 1.807) is 18.2 Å². The Kier molecular flexibility index (Phi) is 3.53. The van der Waals surface area contributed by atoms with Gasteiger partial charge in [-0.1, -0.05) is 12.1 Å². The fraction of sp³-hybridized carbons (Fsp3) is 0.467. The molecule has 1 fully saturated rings. The summed E-state index contributed by atoms with van der Waals surface area (Å²) in [5, 5.41) is 10.8. The van der Waals surface area contributed by atoms with Gasteiger partial charge in [-0.2, -0.15) is 0 Å². The average molecular weight is 264 g/mol. The van der Waals surface area contributed by atoms with Gasteiger partial charge in [0.25, 0.3) is 0 Å². The fourth-order valence-corrected chi connectivity index (χ4v) is 2.57. The number of ether oxygens (including phenoxy) is 1. The van der Waals surface area contributed by atoms with E-state index < -0.39 is 11.9 Å². The van der Waals surface area contributed by atoms with Crippen molar-refractivity contribution in [1.82, 2.24) is 0 Å². The number of hydrogen-bond acceptors (Lipinski definition) is 3. The Bertz CT molecular complexity index is 558. The van der Waals surface area contributed by atoms with Crippen LogP contribution in [-0.2, 0) is 4.74 Å². The van der Waals surface area contributed by atoms with Crippen LogP contribution in [0.25, 0.3) is 11.0 Å². The number of halogens is 1. The summed E-state index contributed by atoms with van der Waals surface area (Å²) in [6.45, 7) is 0.756. The molecule has 3 nitrogen and oxygen atoms in total. The maximum absolute atomic E-state index is 13.5. The molecule has 1 aliphatic rings. The highest BCUT2D eigenvalue weighted by Crippen LogP contribution is 2.30. The van der Waals surface area contributed by atoms with Crippen molar-refractivity contribution in [2.45, 2.75) is 37.9 Å². The lowest BCUT2D eigenvalue weighted by Crippen LogP contribution is -2.21. The molecule has 2 atom stereocenters. The zero-order valence-electron chi connectivity index (χ0n) is 10.6. The van der Waals surface area contributed by atoms with E-state index in [9.17, 15) is 9.50 Å². The van der Waals surface area contributed by atoms with E-state index in [2.05, 4.69) is 0 Å². The van der Waals surface area contributed by atoms with Crippen molar-refractivity contribution in [2.24, 2.45) is 0 Å². The first kappa shape index (κ1) is 12.6. The number of furan rings is 1. The van der Waals surface area contributed by atoms with Gasteiger partial charge in [0.05, 0.1) is 6.10 Å². The number of para-hydroxylation sites is 1. The lowest BCUT2D eigenvalue weighted by Gasteiger charge is -2.23. The molecule has 0 radical (unpaired) electrons. The van der Waals surface area contributed by atoms with E-state index in [-0.39, 0.29) is 11.7 Å². The van der Waals surface area contributed by atoms with Crippen LogP contribution in [-0.4, -0.2) is 17.8 Å². The van der Waals surface area contributed by atoms with Crippen LogP contribution in [0.4, 0.5) is 4.39 Å². The predicted molar refractivity (Wildman–Crippen MR) is 69.3 cm³/mol. The van der Waals surface area contributed by atoms with Crippen LogP contribution in [0.1, 0.15) is 37.5 Å². The van der Waals surface area contributed by atoms with Crippen molar-refractivity contribution in [3.63, 3.8) is 0 Å². The molecule has 2 unspecified atom stereocenters. The summed E-state index contributed by atoms with van der Waals surface area (Å²) >= 11 is 0. The van der Waals surface area contributed by atoms with Crippen molar-refractivity contribution in [2.75, 3.05) is 6.61 Å². The minimum atomic E-state index is -0.741.